The highest BCUT2D eigenvalue weighted by atomic mass is 16.2. The Labute approximate surface area is 124 Å². The number of rotatable bonds is 3. The van der Waals surface area contributed by atoms with Gasteiger partial charge in [-0.25, -0.2) is 4.79 Å². The molecule has 0 bridgehead atoms. The Morgan fingerprint density at radius 2 is 1.71 bits per heavy atom. The fraction of sp³-hybridized carbons (Fsp3) is 0.438. The van der Waals surface area contributed by atoms with Gasteiger partial charge in [-0.05, 0) is 19.1 Å². The van der Waals surface area contributed by atoms with E-state index in [-0.39, 0.29) is 18.2 Å². The van der Waals surface area contributed by atoms with Gasteiger partial charge in [-0.15, -0.1) is 0 Å². The molecule has 1 saturated heterocycles. The van der Waals surface area contributed by atoms with Crippen LogP contribution >= 0.6 is 0 Å². The molecule has 1 aliphatic rings. The van der Waals surface area contributed by atoms with Gasteiger partial charge in [0.25, 0.3) is 5.91 Å². The molecule has 0 saturated carbocycles. The lowest BCUT2D eigenvalue weighted by Crippen LogP contribution is -2.40. The fourth-order valence-electron chi connectivity index (χ4n) is 2.17. The maximum atomic E-state index is 12.5. The van der Waals surface area contributed by atoms with Gasteiger partial charge in [0.15, 0.2) is 5.78 Å². The van der Waals surface area contributed by atoms with Crippen LogP contribution in [0.15, 0.2) is 30.3 Å². The quantitative estimate of drug-likeness (QED) is 0.803. The molecule has 0 aromatic heterocycles. The van der Waals surface area contributed by atoms with E-state index in [4.69, 9.17) is 0 Å². The van der Waals surface area contributed by atoms with E-state index in [0.717, 1.165) is 4.90 Å². The highest BCUT2D eigenvalue weighted by Gasteiger charge is 2.44. The Kier molecular flexibility index (Phi) is 3.85. The summed E-state index contributed by atoms with van der Waals surface area (Å²) in [4.78, 5) is 39.3. The summed E-state index contributed by atoms with van der Waals surface area (Å²) in [6.07, 6.45) is 0. The van der Waals surface area contributed by atoms with Gasteiger partial charge in [-0.3, -0.25) is 19.4 Å². The number of anilines is 1. The smallest absolute Gasteiger partial charge is 0.297 e. The molecule has 21 heavy (non-hydrogen) atoms. The highest BCUT2D eigenvalue weighted by molar-refractivity contribution is 6.15. The van der Waals surface area contributed by atoms with Crippen LogP contribution in [-0.2, 0) is 9.59 Å². The molecule has 1 aromatic rings. The number of hydrogen-bond acceptors (Lipinski definition) is 3. The number of benzene rings is 1. The van der Waals surface area contributed by atoms with Gasteiger partial charge >= 0.3 is 6.03 Å². The average molecular weight is 288 g/mol. The summed E-state index contributed by atoms with van der Waals surface area (Å²) < 4.78 is 0. The minimum atomic E-state index is -0.590. The lowest BCUT2D eigenvalue weighted by atomic mass is 9.90. The highest BCUT2D eigenvalue weighted by Crippen LogP contribution is 2.26. The van der Waals surface area contributed by atoms with Crippen molar-refractivity contribution in [1.29, 1.82) is 0 Å². The van der Waals surface area contributed by atoms with Gasteiger partial charge in [0, 0.05) is 11.1 Å². The van der Waals surface area contributed by atoms with Crippen molar-refractivity contribution < 1.29 is 14.4 Å². The van der Waals surface area contributed by atoms with Gasteiger partial charge in [-0.1, -0.05) is 39.0 Å². The number of imide groups is 1. The van der Waals surface area contributed by atoms with Gasteiger partial charge in [0.1, 0.15) is 6.04 Å². The number of hydrogen-bond donors (Lipinski definition) is 0. The summed E-state index contributed by atoms with van der Waals surface area (Å²) >= 11 is 0. The molecule has 5 nitrogen and oxygen atoms in total. The topological polar surface area (TPSA) is 57.7 Å². The van der Waals surface area contributed by atoms with Crippen LogP contribution in [0.3, 0.4) is 0 Å². The second-order valence-corrected chi connectivity index (χ2v) is 6.26. The summed E-state index contributed by atoms with van der Waals surface area (Å²) in [6, 6.07) is 7.99. The molecule has 3 amide bonds. The van der Waals surface area contributed by atoms with Crippen LogP contribution in [0.5, 0.6) is 0 Å². The molecule has 0 unspecified atom stereocenters. The summed E-state index contributed by atoms with van der Waals surface area (Å²) in [5.74, 6) is -0.465. The Bertz CT molecular complexity index is 575. The van der Waals surface area contributed by atoms with Crippen LogP contribution in [0, 0.1) is 5.41 Å². The van der Waals surface area contributed by atoms with Crippen molar-refractivity contribution in [3.05, 3.63) is 30.3 Å². The SMILES string of the molecule is C[C@@H]1C(=O)N(CC(=O)C(C)(C)C)C(=O)N1c1ccccc1. The molecule has 1 atom stereocenters. The second kappa shape index (κ2) is 5.31. The van der Waals surface area contributed by atoms with Gasteiger partial charge in [-0.2, -0.15) is 0 Å². The van der Waals surface area contributed by atoms with E-state index < -0.39 is 17.5 Å². The van der Waals surface area contributed by atoms with Gasteiger partial charge < -0.3 is 0 Å². The van der Waals surface area contributed by atoms with Crippen molar-refractivity contribution in [3.63, 3.8) is 0 Å². The van der Waals surface area contributed by atoms with E-state index >= 15 is 0 Å². The Morgan fingerprint density at radius 1 is 1.14 bits per heavy atom. The van der Waals surface area contributed by atoms with E-state index in [1.54, 1.807) is 39.8 Å². The van der Waals surface area contributed by atoms with Crippen LogP contribution in [0.25, 0.3) is 0 Å². The number of para-hydroxylation sites is 1. The molecule has 1 fully saturated rings. The molecule has 112 valence electrons. The lowest BCUT2D eigenvalue weighted by Gasteiger charge is -2.21. The van der Waals surface area contributed by atoms with Crippen LogP contribution < -0.4 is 4.90 Å². The molecular weight excluding hydrogens is 268 g/mol. The fourth-order valence-corrected chi connectivity index (χ4v) is 2.17. The van der Waals surface area contributed by atoms with Crippen LogP contribution in [0.4, 0.5) is 10.5 Å². The zero-order valence-corrected chi connectivity index (χ0v) is 12.8. The number of carbonyl (C=O) groups is 3. The minimum absolute atomic E-state index is 0.133. The first-order valence-electron chi connectivity index (χ1n) is 6.96. The predicted molar refractivity (Wildman–Crippen MR) is 80.0 cm³/mol. The number of amides is 3. The van der Waals surface area contributed by atoms with Crippen molar-refractivity contribution in [3.8, 4) is 0 Å². The van der Waals surface area contributed by atoms with E-state index in [9.17, 15) is 14.4 Å². The maximum absolute atomic E-state index is 12.5. The van der Waals surface area contributed by atoms with E-state index in [0.29, 0.717) is 5.69 Å². The monoisotopic (exact) mass is 288 g/mol. The van der Waals surface area contributed by atoms with Crippen molar-refractivity contribution in [1.82, 2.24) is 4.90 Å². The third kappa shape index (κ3) is 2.82. The van der Waals surface area contributed by atoms with Crippen LogP contribution in [-0.4, -0.2) is 35.2 Å². The number of carbonyl (C=O) groups excluding carboxylic acids is 3. The van der Waals surface area contributed by atoms with E-state index in [2.05, 4.69) is 0 Å². The largest absolute Gasteiger partial charge is 0.332 e. The first-order valence-corrected chi connectivity index (χ1v) is 6.96. The Hall–Kier alpha value is -2.17. The Morgan fingerprint density at radius 3 is 2.24 bits per heavy atom. The third-order valence-corrected chi connectivity index (χ3v) is 3.62. The number of Topliss-reactive ketones (excluding diaryl/α,β-unsaturated/α-hetero) is 1. The molecule has 1 aliphatic heterocycles. The standard InChI is InChI=1S/C16H20N2O3/c1-11-14(20)17(10-13(19)16(2,3)4)15(21)18(11)12-8-6-5-7-9-12/h5-9,11H,10H2,1-4H3/t11-/m1/s1. The van der Waals surface area contributed by atoms with Crippen LogP contribution in [0.2, 0.25) is 0 Å². The van der Waals surface area contributed by atoms with E-state index in [1.807, 2.05) is 18.2 Å². The van der Waals surface area contributed by atoms with Crippen molar-refractivity contribution >= 4 is 23.4 Å². The van der Waals surface area contributed by atoms with Gasteiger partial charge in [0.2, 0.25) is 0 Å². The number of urea groups is 1. The first kappa shape index (κ1) is 15.2. The predicted octanol–water partition coefficient (Wildman–Crippen LogP) is 2.46. The van der Waals surface area contributed by atoms with Crippen molar-refractivity contribution in [2.75, 3.05) is 11.4 Å². The van der Waals surface area contributed by atoms with E-state index in [1.165, 1.54) is 4.90 Å². The minimum Gasteiger partial charge on any atom is -0.297 e. The lowest BCUT2D eigenvalue weighted by molar-refractivity contribution is -0.134. The molecule has 1 heterocycles. The molecule has 2 rings (SSSR count). The average Bonchev–Trinajstić information content (AvgIpc) is 2.63. The molecule has 0 radical (unpaired) electrons. The molecule has 1 aromatic carbocycles. The molecule has 0 N–H and O–H groups in total. The first-order chi connectivity index (χ1) is 9.73. The van der Waals surface area contributed by atoms with Crippen LogP contribution in [0.1, 0.15) is 27.7 Å². The summed E-state index contributed by atoms with van der Waals surface area (Å²) in [5, 5.41) is 0. The van der Waals surface area contributed by atoms with Gasteiger partial charge in [0.05, 0.1) is 6.54 Å². The number of nitrogens with zero attached hydrogens (tertiary/aromatic N) is 2. The Balaban J connectivity index is 2.25. The van der Waals surface area contributed by atoms with Crippen molar-refractivity contribution in [2.24, 2.45) is 5.41 Å². The second-order valence-electron chi connectivity index (χ2n) is 6.26. The summed E-state index contributed by atoms with van der Waals surface area (Å²) in [5.41, 5.74) is 0.0818. The molecule has 0 spiro atoms. The summed E-state index contributed by atoms with van der Waals surface area (Å²) in [6.45, 7) is 6.83. The number of ketones is 1. The molecular formula is C16H20N2O3. The summed E-state index contributed by atoms with van der Waals surface area (Å²) in [7, 11) is 0. The third-order valence-electron chi connectivity index (χ3n) is 3.62. The zero-order valence-electron chi connectivity index (χ0n) is 12.8. The normalized spacial score (nSPS) is 19.3. The molecule has 5 heteroatoms. The molecule has 0 aliphatic carbocycles. The zero-order chi connectivity index (χ0) is 15.8. The maximum Gasteiger partial charge on any atom is 0.332 e. The van der Waals surface area contributed by atoms with Crippen molar-refractivity contribution in [2.45, 2.75) is 33.7 Å².